The fourth-order valence-corrected chi connectivity index (χ4v) is 1.33. The van der Waals surface area contributed by atoms with Gasteiger partial charge in [0.25, 0.3) is 0 Å². The Morgan fingerprint density at radius 3 is 2.88 bits per heavy atom. The van der Waals surface area contributed by atoms with Gasteiger partial charge in [-0.1, -0.05) is 0 Å². The quantitative estimate of drug-likeness (QED) is 0.834. The molecule has 2 heterocycles. The molecule has 0 unspecified atom stereocenters. The largest absolute Gasteiger partial charge is 0.378 e. The van der Waals surface area contributed by atoms with E-state index < -0.39 is 0 Å². The third-order valence-corrected chi connectivity index (χ3v) is 2.27. The first kappa shape index (κ1) is 10.2. The highest BCUT2D eigenvalue weighted by Gasteiger charge is 1.98. The van der Waals surface area contributed by atoms with Gasteiger partial charge in [-0.2, -0.15) is 10.4 Å². The molecule has 0 aliphatic heterocycles. The zero-order chi connectivity index (χ0) is 11.4. The van der Waals surface area contributed by atoms with E-state index in [4.69, 9.17) is 5.26 Å². The molecule has 5 nitrogen and oxygen atoms in total. The lowest BCUT2D eigenvalue weighted by Gasteiger charge is -2.05. The van der Waals surface area contributed by atoms with E-state index >= 15 is 0 Å². The monoisotopic (exact) mass is 213 g/mol. The predicted octanol–water partition coefficient (Wildman–Crippen LogP) is 1.30. The number of aromatic nitrogens is 3. The molecule has 16 heavy (non-hydrogen) atoms. The number of nitriles is 1. The third kappa shape index (κ3) is 2.17. The topological polar surface area (TPSA) is 66.5 Å². The van der Waals surface area contributed by atoms with Gasteiger partial charge in [-0.3, -0.25) is 4.68 Å². The average Bonchev–Trinajstić information content (AvgIpc) is 2.73. The summed E-state index contributed by atoms with van der Waals surface area (Å²) in [7, 11) is 1.90. The number of nitrogens with one attached hydrogen (secondary N) is 1. The molecule has 0 amide bonds. The van der Waals surface area contributed by atoms with Crippen LogP contribution in [0.2, 0.25) is 0 Å². The van der Waals surface area contributed by atoms with Gasteiger partial charge in [0.15, 0.2) is 0 Å². The van der Waals surface area contributed by atoms with Gasteiger partial charge in [-0.05, 0) is 18.2 Å². The Balaban J connectivity index is 2.00. The number of pyridine rings is 1. The summed E-state index contributed by atoms with van der Waals surface area (Å²) in [6.07, 6.45) is 3.41. The van der Waals surface area contributed by atoms with E-state index in [1.165, 1.54) is 0 Å². The highest BCUT2D eigenvalue weighted by Crippen LogP contribution is 2.07. The van der Waals surface area contributed by atoms with Crippen molar-refractivity contribution in [1.29, 1.82) is 5.26 Å². The van der Waals surface area contributed by atoms with E-state index in [1.54, 1.807) is 18.5 Å². The number of hydrogen-bond donors (Lipinski definition) is 1. The summed E-state index contributed by atoms with van der Waals surface area (Å²) < 4.78 is 1.81. The van der Waals surface area contributed by atoms with Crippen molar-refractivity contribution < 1.29 is 0 Å². The molecule has 2 aromatic heterocycles. The van der Waals surface area contributed by atoms with E-state index in [-0.39, 0.29) is 0 Å². The Morgan fingerprint density at radius 2 is 2.31 bits per heavy atom. The second kappa shape index (κ2) is 4.45. The molecule has 0 aliphatic rings. The Hall–Kier alpha value is -2.35. The fourth-order valence-electron chi connectivity index (χ4n) is 1.33. The van der Waals surface area contributed by atoms with Gasteiger partial charge in [0.05, 0.1) is 24.1 Å². The second-order valence-corrected chi connectivity index (χ2v) is 3.34. The highest BCUT2D eigenvalue weighted by molar-refractivity contribution is 5.42. The fraction of sp³-hybridized carbons (Fsp3) is 0.182. The van der Waals surface area contributed by atoms with Gasteiger partial charge in [0, 0.05) is 13.2 Å². The van der Waals surface area contributed by atoms with Crippen LogP contribution < -0.4 is 5.32 Å². The summed E-state index contributed by atoms with van der Waals surface area (Å²) in [5, 5.41) is 15.9. The summed E-state index contributed by atoms with van der Waals surface area (Å²) >= 11 is 0. The highest BCUT2D eigenvalue weighted by atomic mass is 15.3. The van der Waals surface area contributed by atoms with Crippen LogP contribution in [0.15, 0.2) is 30.6 Å². The Labute approximate surface area is 93.4 Å². The van der Waals surface area contributed by atoms with Crippen LogP contribution in [0, 0.1) is 11.3 Å². The molecule has 0 aromatic carbocycles. The van der Waals surface area contributed by atoms with Crippen molar-refractivity contribution in [1.82, 2.24) is 14.8 Å². The minimum absolute atomic E-state index is 0.422. The van der Waals surface area contributed by atoms with Crippen molar-refractivity contribution in [3.05, 3.63) is 42.0 Å². The van der Waals surface area contributed by atoms with E-state index in [1.807, 2.05) is 29.9 Å². The summed E-state index contributed by atoms with van der Waals surface area (Å²) in [6, 6.07) is 7.45. The van der Waals surface area contributed by atoms with E-state index in [9.17, 15) is 0 Å². The van der Waals surface area contributed by atoms with Crippen LogP contribution >= 0.6 is 0 Å². The maximum absolute atomic E-state index is 8.60. The molecule has 0 saturated carbocycles. The van der Waals surface area contributed by atoms with E-state index in [0.717, 1.165) is 11.4 Å². The maximum atomic E-state index is 8.60. The molecule has 1 N–H and O–H groups in total. The number of nitrogens with zero attached hydrogens (tertiary/aromatic N) is 4. The molecule has 0 radical (unpaired) electrons. The van der Waals surface area contributed by atoms with Gasteiger partial charge in [0.1, 0.15) is 11.8 Å². The first-order valence-electron chi connectivity index (χ1n) is 4.86. The van der Waals surface area contributed by atoms with Gasteiger partial charge >= 0.3 is 0 Å². The molecule has 0 fully saturated rings. The van der Waals surface area contributed by atoms with Crippen molar-refractivity contribution in [2.75, 3.05) is 5.32 Å². The molecule has 0 atom stereocenters. The Morgan fingerprint density at radius 1 is 1.44 bits per heavy atom. The first-order valence-corrected chi connectivity index (χ1v) is 4.86. The average molecular weight is 213 g/mol. The smallest absolute Gasteiger partial charge is 0.140 e. The van der Waals surface area contributed by atoms with Gasteiger partial charge in [-0.15, -0.1) is 0 Å². The standard InChI is InChI=1S/C11H11N5/c1-16-11(4-5-15-16)8-14-10-3-2-9(6-12)13-7-10/h2-5,7,14H,8H2,1H3. The lowest BCUT2D eigenvalue weighted by molar-refractivity contribution is 0.720. The van der Waals surface area contributed by atoms with Crippen LogP contribution in [0.3, 0.4) is 0 Å². The van der Waals surface area contributed by atoms with Crippen LogP contribution in [0.5, 0.6) is 0 Å². The van der Waals surface area contributed by atoms with Crippen LogP contribution in [-0.2, 0) is 13.6 Å². The predicted molar refractivity (Wildman–Crippen MR) is 59.5 cm³/mol. The maximum Gasteiger partial charge on any atom is 0.140 e. The minimum Gasteiger partial charge on any atom is -0.378 e. The van der Waals surface area contributed by atoms with Crippen LogP contribution in [-0.4, -0.2) is 14.8 Å². The van der Waals surface area contributed by atoms with Gasteiger partial charge < -0.3 is 5.32 Å². The lowest BCUT2D eigenvalue weighted by atomic mass is 10.3. The van der Waals surface area contributed by atoms with Crippen LogP contribution in [0.1, 0.15) is 11.4 Å². The van der Waals surface area contributed by atoms with Crippen molar-refractivity contribution in [2.45, 2.75) is 6.54 Å². The van der Waals surface area contributed by atoms with Crippen molar-refractivity contribution in [3.63, 3.8) is 0 Å². The van der Waals surface area contributed by atoms with Gasteiger partial charge in [-0.25, -0.2) is 4.98 Å². The van der Waals surface area contributed by atoms with E-state index in [2.05, 4.69) is 15.4 Å². The summed E-state index contributed by atoms with van der Waals surface area (Å²) in [4.78, 5) is 3.97. The van der Waals surface area contributed by atoms with Crippen molar-refractivity contribution >= 4 is 5.69 Å². The van der Waals surface area contributed by atoms with E-state index in [0.29, 0.717) is 12.2 Å². The van der Waals surface area contributed by atoms with Crippen molar-refractivity contribution in [3.8, 4) is 6.07 Å². The SMILES string of the molecule is Cn1nccc1CNc1ccc(C#N)nc1. The summed E-state index contributed by atoms with van der Waals surface area (Å²) in [5.74, 6) is 0. The number of anilines is 1. The minimum atomic E-state index is 0.422. The molecule has 80 valence electrons. The number of hydrogen-bond acceptors (Lipinski definition) is 4. The molecule has 2 rings (SSSR count). The third-order valence-electron chi connectivity index (χ3n) is 2.27. The first-order chi connectivity index (χ1) is 7.79. The summed E-state index contributed by atoms with van der Waals surface area (Å²) in [5.41, 5.74) is 2.40. The molecule has 0 aliphatic carbocycles. The molecule has 0 bridgehead atoms. The number of aryl methyl sites for hydroxylation is 1. The molecule has 5 heteroatoms. The summed E-state index contributed by atoms with van der Waals surface area (Å²) in [6.45, 7) is 0.685. The number of rotatable bonds is 3. The molecule has 0 spiro atoms. The lowest BCUT2D eigenvalue weighted by Crippen LogP contribution is -2.05. The molecule has 2 aromatic rings. The Kier molecular flexibility index (Phi) is 2.83. The van der Waals surface area contributed by atoms with Gasteiger partial charge in [0.2, 0.25) is 0 Å². The molecule has 0 saturated heterocycles. The zero-order valence-electron chi connectivity index (χ0n) is 8.88. The normalized spacial score (nSPS) is 9.75. The van der Waals surface area contributed by atoms with Crippen molar-refractivity contribution in [2.24, 2.45) is 7.05 Å². The molecular formula is C11H11N5. The van der Waals surface area contributed by atoms with Crippen LogP contribution in [0.25, 0.3) is 0 Å². The zero-order valence-corrected chi connectivity index (χ0v) is 8.88. The Bertz CT molecular complexity index is 506. The van der Waals surface area contributed by atoms with Crippen LogP contribution in [0.4, 0.5) is 5.69 Å². The second-order valence-electron chi connectivity index (χ2n) is 3.34. The molecular weight excluding hydrogens is 202 g/mol.